The number of anilines is 3. The number of rotatable bonds is 6. The first-order valence-corrected chi connectivity index (χ1v) is 18.8. The molecule has 0 fully saturated rings. The molecule has 11 rings (SSSR count). The molecule has 2 heterocycles. The van der Waals surface area contributed by atoms with Crippen LogP contribution in [0.3, 0.4) is 0 Å². The maximum atomic E-state index is 6.82. The van der Waals surface area contributed by atoms with Crippen LogP contribution in [0, 0.1) is 0 Å². The third-order valence-corrected chi connectivity index (χ3v) is 11.0. The summed E-state index contributed by atoms with van der Waals surface area (Å²) >= 11 is 0. The summed E-state index contributed by atoms with van der Waals surface area (Å²) in [5.74, 6) is 0. The van der Waals surface area contributed by atoms with E-state index in [-0.39, 0.29) is 0 Å². The molecule has 9 aromatic carbocycles. The minimum absolute atomic E-state index is 0.855. The quantitative estimate of drug-likeness (QED) is 0.172. The summed E-state index contributed by atoms with van der Waals surface area (Å²) in [6, 6.07) is 73.8. The highest BCUT2D eigenvalue weighted by Gasteiger charge is 2.22. The van der Waals surface area contributed by atoms with Gasteiger partial charge in [0.15, 0.2) is 0 Å². The molecular formula is C52H34N2O. The average Bonchev–Trinajstić information content (AvgIpc) is 3.80. The maximum Gasteiger partial charge on any atom is 0.138 e. The smallest absolute Gasteiger partial charge is 0.138 e. The lowest BCUT2D eigenvalue weighted by Crippen LogP contribution is -2.10. The van der Waals surface area contributed by atoms with Crippen LogP contribution < -0.4 is 4.90 Å². The summed E-state index contributed by atoms with van der Waals surface area (Å²) in [5, 5.41) is 7.10. The number of furan rings is 1. The lowest BCUT2D eigenvalue weighted by atomic mass is 9.95. The van der Waals surface area contributed by atoms with E-state index >= 15 is 0 Å². The Labute approximate surface area is 318 Å². The zero-order chi connectivity index (χ0) is 36.3. The molecule has 0 saturated heterocycles. The van der Waals surface area contributed by atoms with Crippen molar-refractivity contribution in [3.8, 4) is 27.9 Å². The molecule has 0 saturated carbocycles. The fourth-order valence-corrected chi connectivity index (χ4v) is 8.46. The van der Waals surface area contributed by atoms with Gasteiger partial charge < -0.3 is 13.9 Å². The molecule has 0 unspecified atom stereocenters. The van der Waals surface area contributed by atoms with Crippen molar-refractivity contribution in [2.45, 2.75) is 0 Å². The van der Waals surface area contributed by atoms with E-state index in [4.69, 9.17) is 4.42 Å². The van der Waals surface area contributed by atoms with Gasteiger partial charge in [0, 0.05) is 44.7 Å². The third-order valence-electron chi connectivity index (χ3n) is 11.0. The van der Waals surface area contributed by atoms with E-state index in [2.05, 4.69) is 216 Å². The van der Waals surface area contributed by atoms with Crippen LogP contribution in [-0.2, 0) is 0 Å². The minimum Gasteiger partial charge on any atom is -0.456 e. The lowest BCUT2D eigenvalue weighted by molar-refractivity contribution is 0.669. The Morgan fingerprint density at radius 3 is 1.76 bits per heavy atom. The average molecular weight is 703 g/mol. The van der Waals surface area contributed by atoms with Gasteiger partial charge in [-0.15, -0.1) is 0 Å². The fourth-order valence-electron chi connectivity index (χ4n) is 8.46. The fraction of sp³-hybridized carbons (Fsp3) is 0. The normalized spacial score (nSPS) is 11.6. The molecule has 3 nitrogen and oxygen atoms in total. The van der Waals surface area contributed by atoms with Crippen LogP contribution in [0.25, 0.3) is 82.5 Å². The molecule has 11 aromatic rings. The van der Waals surface area contributed by atoms with Crippen molar-refractivity contribution in [1.82, 2.24) is 4.57 Å². The van der Waals surface area contributed by atoms with Crippen LogP contribution in [-0.4, -0.2) is 4.57 Å². The highest BCUT2D eigenvalue weighted by atomic mass is 16.3. The largest absolute Gasteiger partial charge is 0.456 e. The molecule has 0 aliphatic carbocycles. The summed E-state index contributed by atoms with van der Waals surface area (Å²) in [4.78, 5) is 2.37. The molecule has 0 aliphatic rings. The lowest BCUT2D eigenvalue weighted by Gasteiger charge is -2.27. The van der Waals surface area contributed by atoms with Crippen molar-refractivity contribution in [3.63, 3.8) is 0 Å². The van der Waals surface area contributed by atoms with Crippen molar-refractivity contribution in [2.75, 3.05) is 4.90 Å². The second kappa shape index (κ2) is 12.6. The highest BCUT2D eigenvalue weighted by molar-refractivity contribution is 6.23. The van der Waals surface area contributed by atoms with Gasteiger partial charge in [0.1, 0.15) is 11.2 Å². The molecule has 0 aliphatic heterocycles. The van der Waals surface area contributed by atoms with Crippen molar-refractivity contribution in [1.29, 1.82) is 0 Å². The standard InChI is InChI=1S/C52H34N2O/c1-4-14-35(15-5-1)36-24-27-40(28-25-36)53(41-29-30-45-44-22-12-13-23-47(44)54(48(45)33-41)39-19-8-3-9-20-39)42-32-46(37-16-6-2-7-17-37)52-50(34-42)55-49-31-26-38-18-10-11-21-43(38)51(49)52/h1-34H. The molecule has 0 atom stereocenters. The number of para-hydroxylation sites is 2. The molecule has 0 spiro atoms. The summed E-state index contributed by atoms with van der Waals surface area (Å²) in [5.41, 5.74) is 13.0. The number of aromatic nitrogens is 1. The van der Waals surface area contributed by atoms with Gasteiger partial charge in [0.25, 0.3) is 0 Å². The Kier molecular flexibility index (Phi) is 7.17. The minimum atomic E-state index is 0.855. The van der Waals surface area contributed by atoms with Crippen molar-refractivity contribution >= 4 is 71.6 Å². The third kappa shape index (κ3) is 5.13. The van der Waals surface area contributed by atoms with Gasteiger partial charge >= 0.3 is 0 Å². The number of hydrogen-bond donors (Lipinski definition) is 0. The molecule has 55 heavy (non-hydrogen) atoms. The van der Waals surface area contributed by atoms with Gasteiger partial charge in [-0.1, -0.05) is 146 Å². The molecule has 0 amide bonds. The first-order valence-electron chi connectivity index (χ1n) is 18.8. The Morgan fingerprint density at radius 2 is 0.982 bits per heavy atom. The molecule has 0 radical (unpaired) electrons. The van der Waals surface area contributed by atoms with Crippen LogP contribution in [0.15, 0.2) is 211 Å². The predicted octanol–water partition coefficient (Wildman–Crippen LogP) is 14.6. The van der Waals surface area contributed by atoms with Gasteiger partial charge in [-0.25, -0.2) is 0 Å². The maximum absolute atomic E-state index is 6.82. The van der Waals surface area contributed by atoms with Crippen molar-refractivity contribution in [3.05, 3.63) is 206 Å². The van der Waals surface area contributed by atoms with Crippen LogP contribution in [0.1, 0.15) is 0 Å². The topological polar surface area (TPSA) is 21.3 Å². The van der Waals surface area contributed by atoms with Crippen molar-refractivity contribution in [2.24, 2.45) is 0 Å². The summed E-state index contributed by atoms with van der Waals surface area (Å²) in [6.07, 6.45) is 0. The van der Waals surface area contributed by atoms with Gasteiger partial charge in [0.05, 0.1) is 16.7 Å². The van der Waals surface area contributed by atoms with Crippen molar-refractivity contribution < 1.29 is 4.42 Å². The second-order valence-corrected chi connectivity index (χ2v) is 14.1. The zero-order valence-electron chi connectivity index (χ0n) is 29.9. The molecular weight excluding hydrogens is 669 g/mol. The van der Waals surface area contributed by atoms with Crippen LogP contribution >= 0.6 is 0 Å². The highest BCUT2D eigenvalue weighted by Crippen LogP contribution is 2.46. The van der Waals surface area contributed by atoms with Gasteiger partial charge in [-0.3, -0.25) is 0 Å². The predicted molar refractivity (Wildman–Crippen MR) is 231 cm³/mol. The van der Waals surface area contributed by atoms with Crippen LogP contribution in [0.5, 0.6) is 0 Å². The Balaban J connectivity index is 1.20. The van der Waals surface area contributed by atoms with E-state index in [0.29, 0.717) is 0 Å². The summed E-state index contributed by atoms with van der Waals surface area (Å²) in [6.45, 7) is 0. The van der Waals surface area contributed by atoms with E-state index in [1.807, 2.05) is 0 Å². The monoisotopic (exact) mass is 702 g/mol. The van der Waals surface area contributed by atoms with Crippen LogP contribution in [0.4, 0.5) is 17.1 Å². The zero-order valence-corrected chi connectivity index (χ0v) is 29.9. The number of hydrogen-bond acceptors (Lipinski definition) is 2. The SMILES string of the molecule is c1ccc(-c2ccc(N(c3cc(-c4ccccc4)c4c(c3)oc3ccc5ccccc5c34)c3ccc4c5ccccc5n(-c5ccccc5)c4c3)cc2)cc1. The molecule has 0 N–H and O–H groups in total. The van der Waals surface area contributed by atoms with E-state index in [1.54, 1.807) is 0 Å². The van der Waals surface area contributed by atoms with Gasteiger partial charge in [-0.2, -0.15) is 0 Å². The molecule has 258 valence electrons. The number of fused-ring (bicyclic) bond motifs is 8. The molecule has 0 bridgehead atoms. The summed E-state index contributed by atoms with van der Waals surface area (Å²) in [7, 11) is 0. The van der Waals surface area contributed by atoms with E-state index in [1.165, 1.54) is 38.2 Å². The van der Waals surface area contributed by atoms with E-state index in [9.17, 15) is 0 Å². The Morgan fingerprint density at radius 1 is 0.364 bits per heavy atom. The number of benzene rings is 9. The van der Waals surface area contributed by atoms with Gasteiger partial charge in [-0.05, 0) is 87.6 Å². The summed E-state index contributed by atoms with van der Waals surface area (Å²) < 4.78 is 9.20. The second-order valence-electron chi connectivity index (χ2n) is 14.1. The molecule has 3 heteroatoms. The first-order chi connectivity index (χ1) is 27.3. The Bertz CT molecular complexity index is 3180. The van der Waals surface area contributed by atoms with Crippen LogP contribution in [0.2, 0.25) is 0 Å². The van der Waals surface area contributed by atoms with Gasteiger partial charge in [0.2, 0.25) is 0 Å². The van der Waals surface area contributed by atoms with E-state index in [0.717, 1.165) is 61.3 Å². The number of nitrogens with zero attached hydrogens (tertiary/aromatic N) is 2. The van der Waals surface area contributed by atoms with E-state index < -0.39 is 0 Å². The Hall–Kier alpha value is -7.36. The molecule has 2 aromatic heterocycles. The first kappa shape index (κ1) is 31.2.